The first kappa shape index (κ1) is 15.6. The Hall–Kier alpha value is -2.82. The zero-order chi connectivity index (χ0) is 16.1. The monoisotopic (exact) mass is 297 g/mol. The van der Waals surface area contributed by atoms with E-state index in [1.165, 1.54) is 0 Å². The molecular weight excluding hydrogens is 278 g/mol. The Bertz CT molecular complexity index is 698. The molecule has 1 atom stereocenters. The number of nitrogens with two attached hydrogens (primary N) is 1. The molecule has 1 amide bonds. The molecule has 0 spiro atoms. The van der Waals surface area contributed by atoms with Crippen LogP contribution in [0, 0.1) is 6.92 Å². The van der Waals surface area contributed by atoms with Crippen molar-refractivity contribution in [2.45, 2.75) is 19.4 Å². The number of amides is 1. The maximum atomic E-state index is 10.9. The van der Waals surface area contributed by atoms with Crippen molar-refractivity contribution in [3.63, 3.8) is 0 Å². The van der Waals surface area contributed by atoms with E-state index >= 15 is 0 Å². The molecule has 5 heteroatoms. The maximum Gasteiger partial charge on any atom is 0.405 e. The summed E-state index contributed by atoms with van der Waals surface area (Å²) in [6.07, 6.45) is 1.13. The molecule has 1 aromatic heterocycles. The standard InChI is InChI=1S/C17H19N3O2/c1-3-5-15(20-17(21)22)12-6-4-7-13(10-12)16-14(18)9-8-11(2)19-16/h3-4,6-10,15,20H,1,5,18H2,2H3,(H,21,22)/t15-/m0/s1. The number of carbonyl (C=O) groups is 1. The second-order valence-corrected chi connectivity index (χ2v) is 5.04. The Morgan fingerprint density at radius 2 is 2.23 bits per heavy atom. The van der Waals surface area contributed by atoms with E-state index in [1.54, 1.807) is 6.08 Å². The molecule has 0 bridgehead atoms. The molecule has 0 aliphatic heterocycles. The quantitative estimate of drug-likeness (QED) is 0.737. The van der Waals surface area contributed by atoms with E-state index < -0.39 is 6.09 Å². The topological polar surface area (TPSA) is 88.2 Å². The molecule has 0 fully saturated rings. The first-order valence-corrected chi connectivity index (χ1v) is 6.95. The number of nitrogens with zero attached hydrogens (tertiary/aromatic N) is 1. The third-order valence-corrected chi connectivity index (χ3v) is 3.33. The van der Waals surface area contributed by atoms with Crippen molar-refractivity contribution < 1.29 is 9.90 Å². The number of nitrogens with one attached hydrogen (secondary N) is 1. The van der Waals surface area contributed by atoms with Crippen molar-refractivity contribution in [2.75, 3.05) is 5.73 Å². The highest BCUT2D eigenvalue weighted by atomic mass is 16.4. The summed E-state index contributed by atoms with van der Waals surface area (Å²) in [5, 5.41) is 11.5. The minimum Gasteiger partial charge on any atom is -0.465 e. The highest BCUT2D eigenvalue weighted by Crippen LogP contribution is 2.27. The lowest BCUT2D eigenvalue weighted by molar-refractivity contribution is 0.190. The number of pyridine rings is 1. The second-order valence-electron chi connectivity index (χ2n) is 5.04. The molecule has 2 aromatic rings. The van der Waals surface area contributed by atoms with Crippen molar-refractivity contribution in [3.05, 3.63) is 60.3 Å². The lowest BCUT2D eigenvalue weighted by Crippen LogP contribution is -2.26. The fraction of sp³-hybridized carbons (Fsp3) is 0.176. The zero-order valence-electron chi connectivity index (χ0n) is 12.4. The number of rotatable bonds is 5. The van der Waals surface area contributed by atoms with E-state index in [2.05, 4.69) is 16.9 Å². The summed E-state index contributed by atoms with van der Waals surface area (Å²) >= 11 is 0. The number of aryl methyl sites for hydroxylation is 1. The smallest absolute Gasteiger partial charge is 0.405 e. The molecule has 0 saturated carbocycles. The molecule has 1 heterocycles. The summed E-state index contributed by atoms with van der Waals surface area (Å²) in [5.74, 6) is 0. The van der Waals surface area contributed by atoms with E-state index in [-0.39, 0.29) is 6.04 Å². The Labute approximate surface area is 129 Å². The highest BCUT2D eigenvalue weighted by molar-refractivity contribution is 5.73. The molecule has 2 rings (SSSR count). The van der Waals surface area contributed by atoms with Gasteiger partial charge in [0.15, 0.2) is 0 Å². The number of nitrogen functional groups attached to an aromatic ring is 1. The number of aromatic nitrogens is 1. The highest BCUT2D eigenvalue weighted by Gasteiger charge is 2.14. The maximum absolute atomic E-state index is 10.9. The van der Waals surface area contributed by atoms with Crippen LogP contribution in [0.25, 0.3) is 11.3 Å². The normalized spacial score (nSPS) is 11.7. The molecule has 0 saturated heterocycles. The summed E-state index contributed by atoms with van der Waals surface area (Å²) in [5.41, 5.74) is 9.88. The largest absolute Gasteiger partial charge is 0.465 e. The summed E-state index contributed by atoms with van der Waals surface area (Å²) in [6, 6.07) is 10.9. The first-order valence-electron chi connectivity index (χ1n) is 6.95. The summed E-state index contributed by atoms with van der Waals surface area (Å²) in [7, 11) is 0. The fourth-order valence-corrected chi connectivity index (χ4v) is 2.30. The molecule has 4 N–H and O–H groups in total. The van der Waals surface area contributed by atoms with Gasteiger partial charge in [-0.1, -0.05) is 24.3 Å². The van der Waals surface area contributed by atoms with Crippen LogP contribution in [0.15, 0.2) is 49.1 Å². The van der Waals surface area contributed by atoms with Crippen molar-refractivity contribution in [1.82, 2.24) is 10.3 Å². The Morgan fingerprint density at radius 3 is 2.91 bits per heavy atom. The molecule has 5 nitrogen and oxygen atoms in total. The SMILES string of the molecule is C=CC[C@H](NC(=O)O)c1cccc(-c2nc(C)ccc2N)c1. The molecule has 22 heavy (non-hydrogen) atoms. The van der Waals surface area contributed by atoms with Gasteiger partial charge >= 0.3 is 6.09 Å². The number of carboxylic acid groups (broad SMARTS) is 1. The summed E-state index contributed by atoms with van der Waals surface area (Å²) < 4.78 is 0. The van der Waals surface area contributed by atoms with E-state index in [9.17, 15) is 4.79 Å². The van der Waals surface area contributed by atoms with E-state index in [4.69, 9.17) is 10.8 Å². The van der Waals surface area contributed by atoms with Gasteiger partial charge < -0.3 is 16.2 Å². The first-order chi connectivity index (χ1) is 10.5. The van der Waals surface area contributed by atoms with Gasteiger partial charge in [0.25, 0.3) is 0 Å². The minimum absolute atomic E-state index is 0.346. The van der Waals surface area contributed by atoms with Gasteiger partial charge in [0.1, 0.15) is 0 Å². The second kappa shape index (κ2) is 6.76. The molecule has 0 unspecified atom stereocenters. The average molecular weight is 297 g/mol. The molecule has 0 aliphatic carbocycles. The number of hydrogen-bond donors (Lipinski definition) is 3. The van der Waals surface area contributed by atoms with Crippen LogP contribution in [-0.2, 0) is 0 Å². The Kier molecular flexibility index (Phi) is 4.78. The lowest BCUT2D eigenvalue weighted by atomic mass is 9.99. The lowest BCUT2D eigenvalue weighted by Gasteiger charge is -2.17. The molecule has 0 radical (unpaired) electrons. The molecular formula is C17H19N3O2. The van der Waals surface area contributed by atoms with Crippen LogP contribution in [0.4, 0.5) is 10.5 Å². The van der Waals surface area contributed by atoms with Crippen molar-refractivity contribution in [2.24, 2.45) is 0 Å². The van der Waals surface area contributed by atoms with Crippen molar-refractivity contribution in [1.29, 1.82) is 0 Å². The van der Waals surface area contributed by atoms with Crippen LogP contribution in [0.1, 0.15) is 23.7 Å². The van der Waals surface area contributed by atoms with Crippen LogP contribution >= 0.6 is 0 Å². The third-order valence-electron chi connectivity index (χ3n) is 3.33. The van der Waals surface area contributed by atoms with Crippen LogP contribution < -0.4 is 11.1 Å². The van der Waals surface area contributed by atoms with Crippen molar-refractivity contribution >= 4 is 11.8 Å². The molecule has 1 aromatic carbocycles. The van der Waals surface area contributed by atoms with Gasteiger partial charge in [-0.15, -0.1) is 6.58 Å². The zero-order valence-corrected chi connectivity index (χ0v) is 12.4. The predicted octanol–water partition coefficient (Wildman–Crippen LogP) is 3.52. The average Bonchev–Trinajstić information content (AvgIpc) is 2.49. The van der Waals surface area contributed by atoms with Crippen molar-refractivity contribution in [3.8, 4) is 11.3 Å². The fourth-order valence-electron chi connectivity index (χ4n) is 2.30. The minimum atomic E-state index is -1.06. The third kappa shape index (κ3) is 3.63. The summed E-state index contributed by atoms with van der Waals surface area (Å²) in [6.45, 7) is 5.58. The van der Waals surface area contributed by atoms with E-state index in [0.29, 0.717) is 17.8 Å². The van der Waals surface area contributed by atoms with Gasteiger partial charge in [0, 0.05) is 11.3 Å². The van der Waals surface area contributed by atoms with Gasteiger partial charge in [0.2, 0.25) is 0 Å². The van der Waals surface area contributed by atoms with Gasteiger partial charge in [0.05, 0.1) is 17.4 Å². The van der Waals surface area contributed by atoms with Crippen LogP contribution in [0.5, 0.6) is 0 Å². The summed E-state index contributed by atoms with van der Waals surface area (Å²) in [4.78, 5) is 15.4. The Morgan fingerprint density at radius 1 is 1.45 bits per heavy atom. The van der Waals surface area contributed by atoms with Gasteiger partial charge in [-0.05, 0) is 37.1 Å². The number of benzene rings is 1. The van der Waals surface area contributed by atoms with Gasteiger partial charge in [-0.3, -0.25) is 4.98 Å². The van der Waals surface area contributed by atoms with Crippen LogP contribution in [0.2, 0.25) is 0 Å². The van der Waals surface area contributed by atoms with Gasteiger partial charge in [-0.2, -0.15) is 0 Å². The predicted molar refractivity (Wildman–Crippen MR) is 87.5 cm³/mol. The Balaban J connectivity index is 2.42. The number of hydrogen-bond acceptors (Lipinski definition) is 3. The molecule has 0 aliphatic rings. The molecule has 114 valence electrons. The van der Waals surface area contributed by atoms with Gasteiger partial charge in [-0.25, -0.2) is 4.79 Å². The van der Waals surface area contributed by atoms with E-state index in [0.717, 1.165) is 16.8 Å². The number of anilines is 1. The van der Waals surface area contributed by atoms with Crippen LogP contribution in [0.3, 0.4) is 0 Å². The van der Waals surface area contributed by atoms with Crippen LogP contribution in [-0.4, -0.2) is 16.2 Å². The van der Waals surface area contributed by atoms with E-state index in [1.807, 2.05) is 43.3 Å².